The second-order valence-electron chi connectivity index (χ2n) is 7.52. The van der Waals surface area contributed by atoms with Crippen molar-refractivity contribution < 1.29 is 32.2 Å². The van der Waals surface area contributed by atoms with E-state index in [1.54, 1.807) is 39.0 Å². The molecular weight excluding hydrogens is 362 g/mol. The average Bonchev–Trinajstić information content (AvgIpc) is 2.93. The summed E-state index contributed by atoms with van der Waals surface area (Å²) in [4.78, 5) is 24.1. The molecule has 0 saturated heterocycles. The molecule has 1 aliphatic carbocycles. The van der Waals surface area contributed by atoms with E-state index in [0.717, 1.165) is 6.26 Å². The summed E-state index contributed by atoms with van der Waals surface area (Å²) in [6.45, 7) is 5.11. The predicted molar refractivity (Wildman–Crippen MR) is 92.1 cm³/mol. The first-order valence-electron chi connectivity index (χ1n) is 8.04. The molecule has 1 saturated carbocycles. The number of ether oxygens (including phenoxy) is 3. The van der Waals surface area contributed by atoms with Crippen LogP contribution in [0, 0.1) is 0 Å². The monoisotopic (exact) mass is 383 g/mol. The van der Waals surface area contributed by atoms with E-state index in [4.69, 9.17) is 14.2 Å². The summed E-state index contributed by atoms with van der Waals surface area (Å²) in [5, 5.41) is 1.38. The molecule has 142 valence electrons. The lowest BCUT2D eigenvalue weighted by atomic mass is 10.1. The van der Waals surface area contributed by atoms with Crippen LogP contribution < -0.4 is 14.8 Å². The second-order valence-corrected chi connectivity index (χ2v) is 9.69. The Hall–Kier alpha value is -2.29. The molecule has 3 rings (SSSR count). The molecule has 0 bridgehead atoms. The number of rotatable bonds is 4. The number of carbonyl (C=O) groups is 2. The molecule has 3 atom stereocenters. The van der Waals surface area contributed by atoms with E-state index in [1.165, 1.54) is 0 Å². The van der Waals surface area contributed by atoms with E-state index in [1.807, 2.05) is 0 Å². The molecule has 1 aromatic carbocycles. The van der Waals surface area contributed by atoms with E-state index in [9.17, 15) is 18.0 Å². The number of amides is 1. The highest BCUT2D eigenvalue weighted by molar-refractivity contribution is 7.91. The van der Waals surface area contributed by atoms with Gasteiger partial charge in [-0.3, -0.25) is 0 Å². The second kappa shape index (κ2) is 5.87. The summed E-state index contributed by atoms with van der Waals surface area (Å²) < 4.78 is 40.2. The highest BCUT2D eigenvalue weighted by atomic mass is 32.2. The molecule has 0 radical (unpaired) electrons. The first-order chi connectivity index (χ1) is 12.0. The van der Waals surface area contributed by atoms with Crippen LogP contribution in [-0.4, -0.2) is 50.2 Å². The van der Waals surface area contributed by atoms with Crippen molar-refractivity contribution in [2.24, 2.45) is 0 Å². The Bertz CT molecular complexity index is 858. The third-order valence-corrected chi connectivity index (χ3v) is 5.89. The standard InChI is InChI=1S/C17H21NO7S/c1-16(2,3)25-15(20)18-17(8-19)13(14(17)26(4,21)22)10-5-6-11-12(7-10)24-9-23-11/h5-8,13-14H,9H2,1-4H3,(H,18,20)/t13-,14-,17-/m0/s1. The molecule has 26 heavy (non-hydrogen) atoms. The maximum atomic E-state index is 12.2. The largest absolute Gasteiger partial charge is 0.454 e. The van der Waals surface area contributed by atoms with Crippen LogP contribution in [0.15, 0.2) is 18.2 Å². The fourth-order valence-corrected chi connectivity index (χ4v) is 5.10. The Morgan fingerprint density at radius 3 is 2.54 bits per heavy atom. The van der Waals surface area contributed by atoms with Crippen LogP contribution in [-0.2, 0) is 19.4 Å². The fraction of sp³-hybridized carbons (Fsp3) is 0.529. The van der Waals surface area contributed by atoms with Gasteiger partial charge in [-0.25, -0.2) is 13.2 Å². The molecule has 1 aliphatic heterocycles. The summed E-state index contributed by atoms with van der Waals surface area (Å²) in [6, 6.07) is 4.95. The van der Waals surface area contributed by atoms with Crippen LogP contribution in [0.25, 0.3) is 0 Å². The van der Waals surface area contributed by atoms with Crippen molar-refractivity contribution in [3.63, 3.8) is 0 Å². The van der Waals surface area contributed by atoms with Crippen molar-refractivity contribution >= 4 is 22.2 Å². The fourth-order valence-electron chi connectivity index (χ4n) is 3.33. The van der Waals surface area contributed by atoms with E-state index < -0.39 is 38.2 Å². The third-order valence-electron chi connectivity index (χ3n) is 4.31. The van der Waals surface area contributed by atoms with Crippen LogP contribution in [0.2, 0.25) is 0 Å². The number of nitrogens with one attached hydrogen (secondary N) is 1. The molecule has 2 aliphatic rings. The van der Waals surface area contributed by atoms with Crippen LogP contribution in [0.5, 0.6) is 11.5 Å². The number of hydrogen-bond donors (Lipinski definition) is 1. The molecule has 1 amide bonds. The first kappa shape index (κ1) is 18.5. The highest BCUT2D eigenvalue weighted by Gasteiger charge is 2.72. The molecular formula is C17H21NO7S. The number of alkyl carbamates (subject to hydrolysis) is 1. The summed E-state index contributed by atoms with van der Waals surface area (Å²) in [7, 11) is -3.62. The van der Waals surface area contributed by atoms with E-state index in [0.29, 0.717) is 23.3 Å². The Morgan fingerprint density at radius 2 is 1.96 bits per heavy atom. The molecule has 1 fully saturated rings. The van der Waals surface area contributed by atoms with Gasteiger partial charge in [0.1, 0.15) is 22.7 Å². The van der Waals surface area contributed by atoms with E-state index in [-0.39, 0.29) is 6.79 Å². The zero-order valence-corrected chi connectivity index (χ0v) is 15.8. The normalized spacial score (nSPS) is 26.9. The summed E-state index contributed by atoms with van der Waals surface area (Å²) in [5.41, 5.74) is -1.80. The van der Waals surface area contributed by atoms with Crippen LogP contribution in [0.3, 0.4) is 0 Å². The highest BCUT2D eigenvalue weighted by Crippen LogP contribution is 2.55. The van der Waals surface area contributed by atoms with Gasteiger partial charge in [0, 0.05) is 12.2 Å². The molecule has 0 spiro atoms. The lowest BCUT2D eigenvalue weighted by Crippen LogP contribution is -2.45. The maximum Gasteiger partial charge on any atom is 0.408 e. The lowest BCUT2D eigenvalue weighted by Gasteiger charge is -2.22. The summed E-state index contributed by atoms with van der Waals surface area (Å²) in [6.07, 6.45) is 0.666. The van der Waals surface area contributed by atoms with Gasteiger partial charge in [0.2, 0.25) is 6.79 Å². The zero-order chi connectivity index (χ0) is 19.3. The predicted octanol–water partition coefficient (Wildman–Crippen LogP) is 1.39. The number of hydrogen-bond acceptors (Lipinski definition) is 7. The smallest absolute Gasteiger partial charge is 0.408 e. The summed E-state index contributed by atoms with van der Waals surface area (Å²) in [5.74, 6) is 0.276. The van der Waals surface area contributed by atoms with Gasteiger partial charge in [-0.15, -0.1) is 0 Å². The molecule has 0 aromatic heterocycles. The van der Waals surface area contributed by atoms with Crippen LogP contribution in [0.1, 0.15) is 32.3 Å². The zero-order valence-electron chi connectivity index (χ0n) is 14.9. The number of aldehydes is 1. The average molecular weight is 383 g/mol. The van der Waals surface area contributed by atoms with Crippen molar-refractivity contribution in [2.75, 3.05) is 13.0 Å². The van der Waals surface area contributed by atoms with Gasteiger partial charge >= 0.3 is 6.09 Å². The molecule has 1 aromatic rings. The van der Waals surface area contributed by atoms with Crippen molar-refractivity contribution in [1.29, 1.82) is 0 Å². The molecule has 8 nitrogen and oxygen atoms in total. The minimum absolute atomic E-state index is 0.0773. The SMILES string of the molecule is CC(C)(C)OC(=O)N[C@@]1(C=O)[C@@H](c2ccc3c(c2)OCO3)[C@@H]1S(C)(=O)=O. The topological polar surface area (TPSA) is 108 Å². The number of fused-ring (bicyclic) bond motifs is 1. The minimum Gasteiger partial charge on any atom is -0.454 e. The van der Waals surface area contributed by atoms with Gasteiger partial charge in [0.05, 0.1) is 0 Å². The Balaban J connectivity index is 1.94. The maximum absolute atomic E-state index is 12.2. The molecule has 1 heterocycles. The van der Waals surface area contributed by atoms with Crippen molar-refractivity contribution in [1.82, 2.24) is 5.32 Å². The number of sulfone groups is 1. The minimum atomic E-state index is -3.62. The van der Waals surface area contributed by atoms with Gasteiger partial charge in [-0.1, -0.05) is 6.07 Å². The van der Waals surface area contributed by atoms with Crippen LogP contribution >= 0.6 is 0 Å². The van der Waals surface area contributed by atoms with E-state index in [2.05, 4.69) is 5.32 Å². The van der Waals surface area contributed by atoms with Crippen molar-refractivity contribution in [3.8, 4) is 11.5 Å². The Labute approximate surface area is 151 Å². The first-order valence-corrected chi connectivity index (χ1v) is 9.99. The van der Waals surface area contributed by atoms with Gasteiger partial charge in [-0.05, 0) is 38.5 Å². The molecule has 9 heteroatoms. The van der Waals surface area contributed by atoms with Crippen LogP contribution in [0.4, 0.5) is 4.79 Å². The summed E-state index contributed by atoms with van der Waals surface area (Å²) >= 11 is 0. The van der Waals surface area contributed by atoms with Crippen molar-refractivity contribution in [2.45, 2.75) is 43.1 Å². The third kappa shape index (κ3) is 3.23. The van der Waals surface area contributed by atoms with Gasteiger partial charge < -0.3 is 24.3 Å². The quantitative estimate of drug-likeness (QED) is 0.783. The number of carbonyl (C=O) groups excluding carboxylic acids is 2. The lowest BCUT2D eigenvalue weighted by molar-refractivity contribution is -0.110. The van der Waals surface area contributed by atoms with Crippen molar-refractivity contribution in [3.05, 3.63) is 23.8 Å². The molecule has 1 N–H and O–H groups in total. The van der Waals surface area contributed by atoms with Gasteiger partial charge in [0.25, 0.3) is 0 Å². The van der Waals surface area contributed by atoms with E-state index >= 15 is 0 Å². The molecule has 0 unspecified atom stereocenters. The van der Waals surface area contributed by atoms with Gasteiger partial charge in [0.15, 0.2) is 21.3 Å². The Kier molecular flexibility index (Phi) is 4.18. The number of benzene rings is 1. The Morgan fingerprint density at radius 1 is 1.31 bits per heavy atom. The van der Waals surface area contributed by atoms with Gasteiger partial charge in [-0.2, -0.15) is 0 Å².